The van der Waals surface area contributed by atoms with E-state index in [4.69, 9.17) is 0 Å². The van der Waals surface area contributed by atoms with Crippen molar-refractivity contribution in [2.75, 3.05) is 0 Å². The van der Waals surface area contributed by atoms with Crippen molar-refractivity contribution in [2.24, 2.45) is 0 Å². The molecule has 0 aliphatic heterocycles. The van der Waals surface area contributed by atoms with Crippen LogP contribution >= 0.6 is 0 Å². The lowest BCUT2D eigenvalue weighted by Crippen LogP contribution is -3.61. The van der Waals surface area contributed by atoms with E-state index in [9.17, 15) is 21.6 Å². The molecule has 0 saturated carbocycles. The molecule has 8 heteroatoms. The number of benzene rings is 1. The van der Waals surface area contributed by atoms with Crippen molar-refractivity contribution >= 4 is 10.1 Å². The van der Waals surface area contributed by atoms with E-state index in [0.29, 0.717) is 10.0 Å². The highest BCUT2D eigenvalue weighted by molar-refractivity contribution is 7.87. The summed E-state index contributed by atoms with van der Waals surface area (Å²) in [5, 5.41) is 0. The van der Waals surface area contributed by atoms with E-state index in [1.54, 1.807) is 13.8 Å². The normalized spacial score (nSPS) is 13.8. The second kappa shape index (κ2) is 7.48. The molecule has 118 valence electrons. The van der Waals surface area contributed by atoms with Gasteiger partial charge in [-0.2, -0.15) is 21.6 Å². The first kappa shape index (κ1) is 18.3. The molecule has 0 radical (unpaired) electrons. The van der Waals surface area contributed by atoms with E-state index in [0.717, 1.165) is 3.57 Å². The zero-order valence-corrected chi connectivity index (χ0v) is 14.4. The lowest BCUT2D eigenvalue weighted by Gasteiger charge is -2.11. The Morgan fingerprint density at radius 1 is 1.14 bits per heavy atom. The highest BCUT2D eigenvalue weighted by atomic mass is 127. The van der Waals surface area contributed by atoms with Crippen LogP contribution in [0.4, 0.5) is 13.2 Å². The summed E-state index contributed by atoms with van der Waals surface area (Å²) in [5.41, 5.74) is -5.41. The van der Waals surface area contributed by atoms with Crippen LogP contribution in [0.5, 0.6) is 0 Å². The van der Waals surface area contributed by atoms with Gasteiger partial charge in [0.15, 0.2) is 9.33 Å². The SMILES string of the molecule is CC/C(OS(=O)(=O)C(F)(F)F)=C(/CC)[I+]c1ccccc1. The number of hydrogen-bond donors (Lipinski definition) is 0. The Balaban J connectivity index is 3.08. The molecule has 0 aromatic heterocycles. The molecular formula is C13H15F3IO3S+. The van der Waals surface area contributed by atoms with Crippen LogP contribution in [0.25, 0.3) is 0 Å². The predicted molar refractivity (Wildman–Crippen MR) is 68.8 cm³/mol. The van der Waals surface area contributed by atoms with Gasteiger partial charge in [-0.15, -0.1) is 0 Å². The Morgan fingerprint density at radius 3 is 2.14 bits per heavy atom. The van der Waals surface area contributed by atoms with Crippen LogP contribution in [0.2, 0.25) is 0 Å². The van der Waals surface area contributed by atoms with Gasteiger partial charge in [-0.05, 0) is 12.1 Å². The van der Waals surface area contributed by atoms with Gasteiger partial charge in [-0.3, -0.25) is 0 Å². The molecule has 1 aromatic carbocycles. The van der Waals surface area contributed by atoms with Gasteiger partial charge in [0.05, 0.1) is 0 Å². The molecule has 0 unspecified atom stereocenters. The maximum atomic E-state index is 12.4. The minimum absolute atomic E-state index is 0.0912. The maximum absolute atomic E-state index is 12.4. The molecule has 0 aliphatic carbocycles. The number of hydrogen-bond acceptors (Lipinski definition) is 3. The summed E-state index contributed by atoms with van der Waals surface area (Å²) >= 11 is -0.754. The Hall–Kier alpha value is -0.770. The summed E-state index contributed by atoms with van der Waals surface area (Å²) in [4.78, 5) is 0. The van der Waals surface area contributed by atoms with Gasteiger partial charge in [-0.1, -0.05) is 32.0 Å². The molecule has 0 aliphatic rings. The maximum Gasteiger partial charge on any atom is 0.534 e. The second-order valence-electron chi connectivity index (χ2n) is 3.91. The zero-order valence-electron chi connectivity index (χ0n) is 11.4. The lowest BCUT2D eigenvalue weighted by atomic mass is 10.3. The highest BCUT2D eigenvalue weighted by Gasteiger charge is 2.49. The fraction of sp³-hybridized carbons (Fsp3) is 0.385. The smallest absolute Gasteiger partial charge is 0.376 e. The van der Waals surface area contributed by atoms with E-state index < -0.39 is 36.8 Å². The summed E-state index contributed by atoms with van der Waals surface area (Å²) in [5.74, 6) is -0.0912. The topological polar surface area (TPSA) is 43.4 Å². The molecule has 0 heterocycles. The molecule has 0 fully saturated rings. The van der Waals surface area contributed by atoms with Crippen molar-refractivity contribution in [1.29, 1.82) is 0 Å². The fourth-order valence-electron chi connectivity index (χ4n) is 1.40. The van der Waals surface area contributed by atoms with Crippen molar-refractivity contribution < 1.29 is 47.0 Å². The van der Waals surface area contributed by atoms with Gasteiger partial charge in [0.2, 0.25) is 3.58 Å². The molecular weight excluding hydrogens is 420 g/mol. The first-order valence-corrected chi connectivity index (χ1v) is 9.70. The monoisotopic (exact) mass is 435 g/mol. The molecule has 0 bridgehead atoms. The summed E-state index contributed by atoms with van der Waals surface area (Å²) in [6.45, 7) is 3.35. The summed E-state index contributed by atoms with van der Waals surface area (Å²) < 4.78 is 65.4. The largest absolute Gasteiger partial charge is 0.534 e. The molecule has 0 saturated heterocycles. The number of halogens is 4. The van der Waals surface area contributed by atoms with Crippen LogP contribution in [0, 0.1) is 3.57 Å². The average molecular weight is 435 g/mol. The Morgan fingerprint density at radius 2 is 1.71 bits per heavy atom. The summed E-state index contributed by atoms with van der Waals surface area (Å²) in [6.07, 6.45) is 0.559. The number of rotatable bonds is 6. The lowest BCUT2D eigenvalue weighted by molar-refractivity contribution is -0.580. The predicted octanol–water partition coefficient (Wildman–Crippen LogP) is 0.843. The third-order valence-electron chi connectivity index (χ3n) is 2.38. The van der Waals surface area contributed by atoms with Crippen molar-refractivity contribution in [2.45, 2.75) is 32.2 Å². The molecule has 1 aromatic rings. The standard InChI is InChI=1S/C13H15F3IO3S/c1-3-11(17-10-8-6-5-7-9-10)12(4-2)20-21(18,19)13(14,15)16/h5-9H,3-4H2,1-2H3/q+1/b12-11+. The van der Waals surface area contributed by atoms with Crippen LogP contribution in [-0.2, 0) is 14.3 Å². The number of allylic oxidation sites excluding steroid dienone is 2. The summed E-state index contributed by atoms with van der Waals surface area (Å²) in [6, 6.07) is 9.25. The van der Waals surface area contributed by atoms with Crippen molar-refractivity contribution in [3.63, 3.8) is 0 Å². The van der Waals surface area contributed by atoms with Crippen LogP contribution in [0.3, 0.4) is 0 Å². The zero-order chi connectivity index (χ0) is 16.1. The van der Waals surface area contributed by atoms with E-state index in [2.05, 4.69) is 4.18 Å². The molecule has 0 N–H and O–H groups in total. The van der Waals surface area contributed by atoms with Gasteiger partial charge < -0.3 is 4.18 Å². The molecule has 0 spiro atoms. The first-order chi connectivity index (χ1) is 9.71. The average Bonchev–Trinajstić information content (AvgIpc) is 2.42. The molecule has 21 heavy (non-hydrogen) atoms. The molecule has 1 rings (SSSR count). The third kappa shape index (κ3) is 5.17. The van der Waals surface area contributed by atoms with Gasteiger partial charge in [0, 0.05) is 12.8 Å². The molecule has 0 amide bonds. The Bertz CT molecular complexity index is 595. The van der Waals surface area contributed by atoms with Crippen molar-refractivity contribution in [1.82, 2.24) is 0 Å². The van der Waals surface area contributed by atoms with Crippen molar-refractivity contribution in [3.05, 3.63) is 43.2 Å². The highest BCUT2D eigenvalue weighted by Crippen LogP contribution is 2.27. The van der Waals surface area contributed by atoms with E-state index in [1.165, 1.54) is 0 Å². The summed E-state index contributed by atoms with van der Waals surface area (Å²) in [7, 11) is -5.60. The van der Waals surface area contributed by atoms with Crippen LogP contribution < -0.4 is 21.2 Å². The minimum atomic E-state index is -5.60. The Labute approximate surface area is 132 Å². The molecule has 3 nitrogen and oxygen atoms in total. The first-order valence-electron chi connectivity index (χ1n) is 6.14. The minimum Gasteiger partial charge on any atom is -0.376 e. The number of alkyl halides is 3. The van der Waals surface area contributed by atoms with E-state index >= 15 is 0 Å². The molecule has 0 atom stereocenters. The van der Waals surface area contributed by atoms with E-state index in [-0.39, 0.29) is 12.2 Å². The van der Waals surface area contributed by atoms with Crippen molar-refractivity contribution in [3.8, 4) is 0 Å². The van der Waals surface area contributed by atoms with Crippen LogP contribution in [0.15, 0.2) is 39.7 Å². The second-order valence-corrected chi connectivity index (χ2v) is 8.53. The fourth-order valence-corrected chi connectivity index (χ4v) is 4.83. The van der Waals surface area contributed by atoms with Gasteiger partial charge in [0.1, 0.15) is 0 Å². The van der Waals surface area contributed by atoms with Gasteiger partial charge in [-0.25, -0.2) is 0 Å². The third-order valence-corrected chi connectivity index (χ3v) is 6.73. The quantitative estimate of drug-likeness (QED) is 0.288. The Kier molecular flexibility index (Phi) is 6.51. The van der Waals surface area contributed by atoms with E-state index in [1.807, 2.05) is 30.3 Å². The van der Waals surface area contributed by atoms with Crippen LogP contribution in [-0.4, -0.2) is 13.9 Å². The van der Waals surface area contributed by atoms with Gasteiger partial charge >= 0.3 is 36.8 Å². The van der Waals surface area contributed by atoms with Gasteiger partial charge in [0.25, 0.3) is 0 Å². The van der Waals surface area contributed by atoms with Crippen LogP contribution in [0.1, 0.15) is 26.7 Å².